The van der Waals surface area contributed by atoms with Crippen LogP contribution in [0.5, 0.6) is 0 Å². The van der Waals surface area contributed by atoms with Crippen LogP contribution in [0, 0.1) is 5.41 Å². The van der Waals surface area contributed by atoms with Crippen LogP contribution in [-0.4, -0.2) is 47.7 Å². The molecule has 3 N–H and O–H groups in total. The van der Waals surface area contributed by atoms with Gasteiger partial charge in [-0.15, -0.1) is 0 Å². The molecule has 0 aliphatic heterocycles. The number of benzene rings is 1. The fourth-order valence-corrected chi connectivity index (χ4v) is 2.38. The quantitative estimate of drug-likeness (QED) is 0.635. The van der Waals surface area contributed by atoms with Crippen LogP contribution in [0.15, 0.2) is 16.6 Å². The Morgan fingerprint density at radius 2 is 1.42 bits per heavy atom. The van der Waals surface area contributed by atoms with Crippen molar-refractivity contribution in [3.8, 4) is 0 Å². The third-order valence-electron chi connectivity index (χ3n) is 3.99. The summed E-state index contributed by atoms with van der Waals surface area (Å²) in [6, 6.07) is 3.46. The third kappa shape index (κ3) is 6.09. The average molecular weight is 403 g/mol. The Hall–Kier alpha value is -1.08. The molecule has 0 saturated heterocycles. The van der Waals surface area contributed by atoms with Gasteiger partial charge in [-0.25, -0.2) is 0 Å². The normalized spacial score (nSPS) is 11.5. The predicted molar refractivity (Wildman–Crippen MR) is 97.6 cm³/mol. The summed E-state index contributed by atoms with van der Waals surface area (Å²) in [5, 5.41) is 26.0. The Morgan fingerprint density at radius 1 is 0.958 bits per heavy atom. The molecule has 0 spiro atoms. The average Bonchev–Trinajstić information content (AvgIpc) is 2.56. The van der Waals surface area contributed by atoms with E-state index in [0.717, 1.165) is 18.1 Å². The molecule has 0 unspecified atom stereocenters. The zero-order valence-corrected chi connectivity index (χ0v) is 16.3. The number of rotatable bonds is 6. The maximum atomic E-state index is 10.9. The fourth-order valence-electron chi connectivity index (χ4n) is 1.93. The van der Waals surface area contributed by atoms with Crippen molar-refractivity contribution in [2.45, 2.75) is 39.5 Å². The van der Waals surface area contributed by atoms with E-state index in [2.05, 4.69) is 15.9 Å². The van der Waals surface area contributed by atoms with Gasteiger partial charge in [-0.3, -0.25) is 9.59 Å². The summed E-state index contributed by atoms with van der Waals surface area (Å²) in [7, 11) is 0. The first-order valence-electron chi connectivity index (χ1n) is 7.71. The largest absolute Gasteiger partial charge is 0.396 e. The van der Waals surface area contributed by atoms with Gasteiger partial charge in [-0.2, -0.15) is 0 Å². The second kappa shape index (κ2) is 10.0. The van der Waals surface area contributed by atoms with Crippen LogP contribution in [0.3, 0.4) is 0 Å². The smallest absolute Gasteiger partial charge is 0.151 e. The Kier molecular flexibility index (Phi) is 9.58. The van der Waals surface area contributed by atoms with Crippen molar-refractivity contribution in [3.05, 3.63) is 33.3 Å². The van der Waals surface area contributed by atoms with Gasteiger partial charge >= 0.3 is 0 Å². The van der Waals surface area contributed by atoms with Gasteiger partial charge in [-0.1, -0.05) is 43.6 Å². The van der Waals surface area contributed by atoms with Crippen LogP contribution in [0.2, 0.25) is 0 Å². The van der Waals surface area contributed by atoms with Crippen LogP contribution in [0.1, 0.15) is 60.4 Å². The first-order chi connectivity index (χ1) is 11.1. The highest BCUT2D eigenvalue weighted by Crippen LogP contribution is 2.29. The van der Waals surface area contributed by atoms with Gasteiger partial charge in [0, 0.05) is 21.0 Å². The lowest BCUT2D eigenvalue weighted by molar-refractivity contribution is 0.00304. The van der Waals surface area contributed by atoms with Gasteiger partial charge in [-0.05, 0) is 29.5 Å². The van der Waals surface area contributed by atoms with Crippen LogP contribution in [0.4, 0.5) is 0 Å². The van der Waals surface area contributed by atoms with E-state index < -0.39 is 5.41 Å². The molecule has 0 bridgehead atoms. The summed E-state index contributed by atoms with van der Waals surface area (Å²) < 4.78 is 0.660. The number of aliphatic hydroxyl groups excluding tert-OH is 3. The number of carbonyl (C=O) groups is 2. The van der Waals surface area contributed by atoms with Crippen molar-refractivity contribution in [1.29, 1.82) is 0 Å². The van der Waals surface area contributed by atoms with Crippen LogP contribution in [0.25, 0.3) is 0 Å². The van der Waals surface area contributed by atoms with Crippen molar-refractivity contribution in [2.24, 2.45) is 5.41 Å². The van der Waals surface area contributed by atoms with Gasteiger partial charge in [0.05, 0.1) is 19.8 Å². The molecule has 1 aromatic rings. The highest BCUT2D eigenvalue weighted by atomic mass is 79.9. The van der Waals surface area contributed by atoms with E-state index in [1.807, 2.05) is 27.7 Å². The highest BCUT2D eigenvalue weighted by molar-refractivity contribution is 9.10. The third-order valence-corrected chi connectivity index (χ3v) is 4.67. The summed E-state index contributed by atoms with van der Waals surface area (Å²) in [5.74, 6) is 0. The molecule has 5 nitrogen and oxygen atoms in total. The molecule has 0 aromatic heterocycles. The monoisotopic (exact) mass is 402 g/mol. The van der Waals surface area contributed by atoms with E-state index in [1.54, 1.807) is 12.1 Å². The number of carbonyl (C=O) groups excluding carboxylic acids is 2. The van der Waals surface area contributed by atoms with Crippen LogP contribution >= 0.6 is 15.9 Å². The zero-order chi connectivity index (χ0) is 19.0. The van der Waals surface area contributed by atoms with E-state index >= 15 is 0 Å². The standard InChI is InChI=1S/C12H13BrO2.C6H14O3/c1-12(2,3)10-4-9(7-15)11(13)5-8(10)6-14;1-2-6(3-7,4-8)5-9/h4-7H,1-3H3;7-9H,2-5H2,1H3. The molecule has 1 aromatic carbocycles. The van der Waals surface area contributed by atoms with Gasteiger partial charge in [0.25, 0.3) is 0 Å². The highest BCUT2D eigenvalue weighted by Gasteiger charge is 2.25. The van der Waals surface area contributed by atoms with Crippen LogP contribution in [-0.2, 0) is 5.41 Å². The van der Waals surface area contributed by atoms with Crippen molar-refractivity contribution < 1.29 is 24.9 Å². The molecule has 0 aliphatic carbocycles. The number of halogens is 1. The summed E-state index contributed by atoms with van der Waals surface area (Å²) in [5.41, 5.74) is 1.28. The van der Waals surface area contributed by atoms with Crippen LogP contribution < -0.4 is 0 Å². The zero-order valence-electron chi connectivity index (χ0n) is 14.7. The molecule has 0 radical (unpaired) electrons. The first kappa shape index (κ1) is 22.9. The number of hydrogen-bond donors (Lipinski definition) is 3. The topological polar surface area (TPSA) is 94.8 Å². The van der Waals surface area contributed by atoms with E-state index in [4.69, 9.17) is 15.3 Å². The maximum Gasteiger partial charge on any atom is 0.151 e. The number of hydrogen-bond acceptors (Lipinski definition) is 5. The Morgan fingerprint density at radius 3 is 1.67 bits per heavy atom. The molecule has 24 heavy (non-hydrogen) atoms. The van der Waals surface area contributed by atoms with E-state index in [9.17, 15) is 9.59 Å². The number of aliphatic hydroxyl groups is 3. The van der Waals surface area contributed by atoms with Gasteiger partial charge < -0.3 is 15.3 Å². The molecule has 0 aliphatic rings. The number of aldehydes is 2. The second-order valence-corrected chi connectivity index (χ2v) is 7.63. The fraction of sp³-hybridized carbons (Fsp3) is 0.556. The molecule has 0 heterocycles. The lowest BCUT2D eigenvalue weighted by Gasteiger charge is -2.24. The molecule has 6 heteroatoms. The molecule has 0 atom stereocenters. The minimum atomic E-state index is -0.667. The van der Waals surface area contributed by atoms with Crippen molar-refractivity contribution in [3.63, 3.8) is 0 Å². The van der Waals surface area contributed by atoms with E-state index in [-0.39, 0.29) is 25.2 Å². The lowest BCUT2D eigenvalue weighted by Crippen LogP contribution is -2.32. The van der Waals surface area contributed by atoms with Gasteiger partial charge in [0.1, 0.15) is 6.29 Å². The van der Waals surface area contributed by atoms with E-state index in [0.29, 0.717) is 22.0 Å². The molecule has 1 rings (SSSR count). The maximum absolute atomic E-state index is 10.9. The minimum absolute atomic E-state index is 0.144. The Labute approximate surface area is 151 Å². The SMILES string of the molecule is CC(C)(C)c1cc(C=O)c(Br)cc1C=O.CCC(CO)(CO)CO. The molecule has 0 saturated carbocycles. The lowest BCUT2D eigenvalue weighted by atomic mass is 9.83. The van der Waals surface area contributed by atoms with Crippen molar-refractivity contribution in [2.75, 3.05) is 19.8 Å². The molecule has 0 amide bonds. The van der Waals surface area contributed by atoms with E-state index in [1.165, 1.54) is 0 Å². The van der Waals surface area contributed by atoms with Gasteiger partial charge in [0.2, 0.25) is 0 Å². The Bertz CT molecular complexity index is 528. The minimum Gasteiger partial charge on any atom is -0.396 e. The summed E-state index contributed by atoms with van der Waals surface area (Å²) in [6.45, 7) is 7.39. The predicted octanol–water partition coefficient (Wildman–Crippen LogP) is 2.73. The molecule has 0 fully saturated rings. The molecular formula is C18H27BrO5. The summed E-state index contributed by atoms with van der Waals surface area (Å²) in [6.07, 6.45) is 2.20. The van der Waals surface area contributed by atoms with Gasteiger partial charge in [0.15, 0.2) is 6.29 Å². The second-order valence-electron chi connectivity index (χ2n) is 6.77. The summed E-state index contributed by atoms with van der Waals surface area (Å²) in [4.78, 5) is 21.7. The summed E-state index contributed by atoms with van der Waals surface area (Å²) >= 11 is 3.26. The Balaban J connectivity index is 0.000000506. The molecule has 136 valence electrons. The van der Waals surface area contributed by atoms with Crippen molar-refractivity contribution in [1.82, 2.24) is 0 Å². The van der Waals surface area contributed by atoms with Crippen molar-refractivity contribution >= 4 is 28.5 Å². The first-order valence-corrected chi connectivity index (χ1v) is 8.51. The molecular weight excluding hydrogens is 376 g/mol.